The number of piperidine rings is 1. The molecule has 1 saturated heterocycles. The average Bonchev–Trinajstić information content (AvgIpc) is 3.22. The summed E-state index contributed by atoms with van der Waals surface area (Å²) in [5.41, 5.74) is 5.23. The van der Waals surface area contributed by atoms with Crippen LogP contribution in [0.15, 0.2) is 60.7 Å². The molecule has 1 N–H and O–H groups in total. The molecule has 0 aliphatic carbocycles. The molecule has 4 aromatic rings. The summed E-state index contributed by atoms with van der Waals surface area (Å²) in [6.45, 7) is 2.99. The molecule has 6 nitrogen and oxygen atoms in total. The summed E-state index contributed by atoms with van der Waals surface area (Å²) in [6, 6.07) is 23.3. The third kappa shape index (κ3) is 3.05. The molecule has 2 unspecified atom stereocenters. The van der Waals surface area contributed by atoms with E-state index in [1.54, 1.807) is 0 Å². The Labute approximate surface area is 187 Å². The van der Waals surface area contributed by atoms with Gasteiger partial charge in [0.05, 0.1) is 17.3 Å². The molecule has 0 bridgehead atoms. The highest BCUT2D eigenvalue weighted by molar-refractivity contribution is 5.87. The molecule has 1 fully saturated rings. The first-order chi connectivity index (χ1) is 15.7. The van der Waals surface area contributed by atoms with Crippen molar-refractivity contribution in [1.29, 1.82) is 5.26 Å². The zero-order chi connectivity index (χ0) is 21.7. The molecule has 2 aliphatic rings. The Hall–Kier alpha value is -3.69. The molecule has 2 aliphatic heterocycles. The van der Waals surface area contributed by atoms with Gasteiger partial charge >= 0.3 is 0 Å². The molecule has 0 spiro atoms. The first-order valence-corrected chi connectivity index (χ1v) is 11.1. The molecular formula is C26H24N6. The van der Waals surface area contributed by atoms with Gasteiger partial charge in [0.25, 0.3) is 0 Å². The fourth-order valence-electron chi connectivity index (χ4n) is 5.14. The van der Waals surface area contributed by atoms with Crippen LogP contribution < -0.4 is 5.32 Å². The minimum atomic E-state index is 0.339. The van der Waals surface area contributed by atoms with E-state index >= 15 is 0 Å². The van der Waals surface area contributed by atoms with Crippen LogP contribution in [0.5, 0.6) is 0 Å². The Morgan fingerprint density at radius 1 is 1.06 bits per heavy atom. The normalized spacial score (nSPS) is 20.2. The number of nitrogens with one attached hydrogen (secondary N) is 1. The Balaban J connectivity index is 1.44. The van der Waals surface area contributed by atoms with Crippen LogP contribution in [-0.2, 0) is 0 Å². The van der Waals surface area contributed by atoms with E-state index in [1.807, 2.05) is 24.3 Å². The quantitative estimate of drug-likeness (QED) is 0.515. The van der Waals surface area contributed by atoms with E-state index in [9.17, 15) is 5.26 Å². The van der Waals surface area contributed by atoms with Crippen molar-refractivity contribution in [2.45, 2.75) is 12.5 Å². The second-order valence-corrected chi connectivity index (χ2v) is 8.86. The molecule has 0 saturated carbocycles. The smallest absolute Gasteiger partial charge is 0.143 e. The summed E-state index contributed by atoms with van der Waals surface area (Å²) in [6.07, 6.45) is 1.06. The SMILES string of the molecule is CN1CCC2C(CNc3c(C#N)c(-c4ccc5ccc(-c6ccccc6)nc5c4)nn32)C1. The van der Waals surface area contributed by atoms with Crippen LogP contribution in [0.3, 0.4) is 0 Å². The van der Waals surface area contributed by atoms with Gasteiger partial charge in [-0.05, 0) is 32.1 Å². The molecule has 6 heteroatoms. The van der Waals surface area contributed by atoms with Crippen LogP contribution in [0.4, 0.5) is 5.82 Å². The van der Waals surface area contributed by atoms with Gasteiger partial charge in [-0.2, -0.15) is 10.4 Å². The number of likely N-dealkylation sites (tertiary alicyclic amines) is 1. The Morgan fingerprint density at radius 2 is 1.91 bits per heavy atom. The Morgan fingerprint density at radius 3 is 2.75 bits per heavy atom. The number of aromatic nitrogens is 3. The van der Waals surface area contributed by atoms with Crippen LogP contribution in [0, 0.1) is 17.2 Å². The molecular weight excluding hydrogens is 396 g/mol. The van der Waals surface area contributed by atoms with Gasteiger partial charge < -0.3 is 10.2 Å². The average molecular weight is 421 g/mol. The van der Waals surface area contributed by atoms with E-state index in [1.165, 1.54) is 0 Å². The van der Waals surface area contributed by atoms with E-state index in [0.717, 1.165) is 65.3 Å². The standard InChI is InChI=1S/C26H24N6/c1-31-12-11-24-20(16-31)15-28-26-21(14-27)25(30-32(24)26)19-8-7-18-9-10-22(29-23(18)13-19)17-5-3-2-4-6-17/h2-10,13,20,24,28H,11-12,15-16H2,1H3. The Bertz CT molecular complexity index is 1350. The number of nitriles is 1. The zero-order valence-corrected chi connectivity index (χ0v) is 18.0. The van der Waals surface area contributed by atoms with E-state index in [4.69, 9.17) is 10.1 Å². The van der Waals surface area contributed by atoms with Crippen molar-refractivity contribution in [2.75, 3.05) is 32.0 Å². The minimum absolute atomic E-state index is 0.339. The van der Waals surface area contributed by atoms with Crippen molar-refractivity contribution < 1.29 is 0 Å². The summed E-state index contributed by atoms with van der Waals surface area (Å²) in [5, 5.41) is 19.5. The number of anilines is 1. The molecule has 6 rings (SSSR count). The fourth-order valence-corrected chi connectivity index (χ4v) is 5.14. The van der Waals surface area contributed by atoms with Crippen LogP contribution in [-0.4, -0.2) is 46.3 Å². The highest BCUT2D eigenvalue weighted by atomic mass is 15.4. The molecule has 2 aromatic carbocycles. The van der Waals surface area contributed by atoms with E-state index in [0.29, 0.717) is 17.5 Å². The number of rotatable bonds is 2. The molecule has 0 radical (unpaired) electrons. The largest absolute Gasteiger partial charge is 0.369 e. The van der Waals surface area contributed by atoms with Gasteiger partial charge in [0.1, 0.15) is 23.1 Å². The van der Waals surface area contributed by atoms with Crippen LogP contribution in [0.2, 0.25) is 0 Å². The molecule has 32 heavy (non-hydrogen) atoms. The predicted octanol–water partition coefficient (Wildman–Crippen LogP) is 4.56. The van der Waals surface area contributed by atoms with Crippen molar-refractivity contribution in [3.63, 3.8) is 0 Å². The molecule has 0 amide bonds. The summed E-state index contributed by atoms with van der Waals surface area (Å²) in [7, 11) is 2.17. The maximum absolute atomic E-state index is 10.0. The van der Waals surface area contributed by atoms with Crippen molar-refractivity contribution in [1.82, 2.24) is 19.7 Å². The van der Waals surface area contributed by atoms with E-state index < -0.39 is 0 Å². The number of pyridine rings is 1. The van der Waals surface area contributed by atoms with Crippen molar-refractivity contribution in [3.05, 3.63) is 66.2 Å². The van der Waals surface area contributed by atoms with Gasteiger partial charge in [-0.15, -0.1) is 0 Å². The van der Waals surface area contributed by atoms with Gasteiger partial charge in [0.2, 0.25) is 0 Å². The maximum Gasteiger partial charge on any atom is 0.143 e. The lowest BCUT2D eigenvalue weighted by Crippen LogP contribution is -2.45. The van der Waals surface area contributed by atoms with Gasteiger partial charge in [0.15, 0.2) is 0 Å². The third-order valence-electron chi connectivity index (χ3n) is 6.80. The van der Waals surface area contributed by atoms with Gasteiger partial charge in [-0.3, -0.25) is 0 Å². The first kappa shape index (κ1) is 19.0. The predicted molar refractivity (Wildman–Crippen MR) is 126 cm³/mol. The van der Waals surface area contributed by atoms with E-state index in [-0.39, 0.29) is 0 Å². The van der Waals surface area contributed by atoms with E-state index in [2.05, 4.69) is 64.4 Å². The van der Waals surface area contributed by atoms with Gasteiger partial charge in [-0.1, -0.05) is 48.5 Å². The highest BCUT2D eigenvalue weighted by Gasteiger charge is 2.36. The second kappa shape index (κ2) is 7.47. The van der Waals surface area contributed by atoms with Crippen LogP contribution in [0.1, 0.15) is 18.0 Å². The number of benzene rings is 2. The zero-order valence-electron chi connectivity index (χ0n) is 18.0. The fraction of sp³-hybridized carbons (Fsp3) is 0.269. The highest BCUT2D eigenvalue weighted by Crippen LogP contribution is 2.39. The van der Waals surface area contributed by atoms with Gasteiger partial charge in [-0.25, -0.2) is 9.67 Å². The van der Waals surface area contributed by atoms with Crippen molar-refractivity contribution in [2.24, 2.45) is 5.92 Å². The van der Waals surface area contributed by atoms with Gasteiger partial charge in [0, 0.05) is 35.5 Å². The van der Waals surface area contributed by atoms with Crippen molar-refractivity contribution >= 4 is 16.7 Å². The topological polar surface area (TPSA) is 69.8 Å². The third-order valence-corrected chi connectivity index (χ3v) is 6.80. The number of fused-ring (bicyclic) bond motifs is 4. The molecule has 158 valence electrons. The lowest BCUT2D eigenvalue weighted by atomic mass is 9.91. The summed E-state index contributed by atoms with van der Waals surface area (Å²) in [4.78, 5) is 7.28. The maximum atomic E-state index is 10.0. The second-order valence-electron chi connectivity index (χ2n) is 8.86. The Kier molecular flexibility index (Phi) is 4.44. The van der Waals surface area contributed by atoms with Crippen molar-refractivity contribution in [3.8, 4) is 28.6 Å². The van der Waals surface area contributed by atoms with Crippen LogP contribution in [0.25, 0.3) is 33.4 Å². The minimum Gasteiger partial charge on any atom is -0.369 e. The number of nitrogens with zero attached hydrogens (tertiary/aromatic N) is 5. The summed E-state index contributed by atoms with van der Waals surface area (Å²) in [5.74, 6) is 1.37. The summed E-state index contributed by atoms with van der Waals surface area (Å²) < 4.78 is 2.08. The first-order valence-electron chi connectivity index (χ1n) is 11.1. The molecule has 2 aromatic heterocycles. The van der Waals surface area contributed by atoms with Crippen LogP contribution >= 0.6 is 0 Å². The lowest BCUT2D eigenvalue weighted by molar-refractivity contribution is 0.140. The monoisotopic (exact) mass is 420 g/mol. The summed E-state index contributed by atoms with van der Waals surface area (Å²) >= 11 is 0. The molecule has 2 atom stereocenters. The number of hydrogen-bond donors (Lipinski definition) is 1. The lowest BCUT2D eigenvalue weighted by Gasteiger charge is -2.40. The number of hydrogen-bond acceptors (Lipinski definition) is 5. The molecule has 4 heterocycles.